The minimum Gasteiger partial charge on any atom is -0.326 e. The Morgan fingerprint density at radius 3 is 2.38 bits per heavy atom. The molecule has 1 aliphatic carbocycles. The highest BCUT2D eigenvalue weighted by Gasteiger charge is 2.30. The van der Waals surface area contributed by atoms with Crippen LogP contribution < -0.4 is 16.3 Å². The van der Waals surface area contributed by atoms with Crippen molar-refractivity contribution in [3.8, 4) is 11.4 Å². The van der Waals surface area contributed by atoms with Crippen LogP contribution in [0.4, 0.5) is 11.4 Å². The number of rotatable bonds is 6. The first-order valence-corrected chi connectivity index (χ1v) is 9.28. The van der Waals surface area contributed by atoms with E-state index in [1.807, 2.05) is 6.07 Å². The van der Waals surface area contributed by atoms with Gasteiger partial charge in [0.1, 0.15) is 6.54 Å². The summed E-state index contributed by atoms with van der Waals surface area (Å²) in [4.78, 5) is 40.4. The summed E-state index contributed by atoms with van der Waals surface area (Å²) < 4.78 is 2.83. The maximum Gasteiger partial charge on any atom is 0.346 e. The Kier molecular flexibility index (Phi) is 4.94. The van der Waals surface area contributed by atoms with Crippen LogP contribution in [0.25, 0.3) is 11.4 Å². The molecule has 1 fully saturated rings. The van der Waals surface area contributed by atoms with E-state index in [0.717, 1.165) is 18.4 Å². The van der Waals surface area contributed by atoms with E-state index < -0.39 is 0 Å². The standard InChI is InChI=1S/C20H20N6O3/c1-13(27)22-15-4-6-16(7-5-15)23-18(28)12-25-20(29)26(17-8-9-17)19(24-25)14-3-2-10-21-11-14/h2-7,10-11,17H,8-9,12H2,1H3,(H,22,27)(H,23,28). The molecular formula is C20H20N6O3. The van der Waals surface area contributed by atoms with Gasteiger partial charge in [-0.25, -0.2) is 9.48 Å². The zero-order valence-electron chi connectivity index (χ0n) is 15.8. The molecule has 2 N–H and O–H groups in total. The van der Waals surface area contributed by atoms with Crippen LogP contribution in [0.5, 0.6) is 0 Å². The average molecular weight is 392 g/mol. The molecule has 9 nitrogen and oxygen atoms in total. The number of nitrogens with zero attached hydrogens (tertiary/aromatic N) is 4. The third kappa shape index (κ3) is 4.23. The maximum atomic E-state index is 12.8. The number of anilines is 2. The van der Waals surface area contributed by atoms with Crippen LogP contribution in [-0.2, 0) is 16.1 Å². The van der Waals surface area contributed by atoms with Crippen LogP contribution in [0.3, 0.4) is 0 Å². The molecule has 9 heteroatoms. The quantitative estimate of drug-likeness (QED) is 0.667. The van der Waals surface area contributed by atoms with E-state index in [0.29, 0.717) is 17.2 Å². The molecule has 0 unspecified atom stereocenters. The van der Waals surface area contributed by atoms with Crippen LogP contribution in [0, 0.1) is 0 Å². The van der Waals surface area contributed by atoms with Crippen LogP contribution in [0.2, 0.25) is 0 Å². The van der Waals surface area contributed by atoms with Crippen molar-refractivity contribution in [1.29, 1.82) is 0 Å². The highest BCUT2D eigenvalue weighted by atomic mass is 16.2. The van der Waals surface area contributed by atoms with Gasteiger partial charge in [-0.1, -0.05) is 0 Å². The van der Waals surface area contributed by atoms with Crippen molar-refractivity contribution in [1.82, 2.24) is 19.3 Å². The van der Waals surface area contributed by atoms with Gasteiger partial charge in [0.15, 0.2) is 5.82 Å². The van der Waals surface area contributed by atoms with Gasteiger partial charge in [-0.15, -0.1) is 5.10 Å². The molecule has 1 aliphatic rings. The number of aromatic nitrogens is 4. The predicted octanol–water partition coefficient (Wildman–Crippen LogP) is 2.04. The molecule has 1 aromatic carbocycles. The zero-order chi connectivity index (χ0) is 20.4. The largest absolute Gasteiger partial charge is 0.346 e. The van der Waals surface area contributed by atoms with Crippen molar-refractivity contribution in [3.05, 3.63) is 59.3 Å². The first-order valence-electron chi connectivity index (χ1n) is 9.28. The van der Waals surface area contributed by atoms with E-state index in [2.05, 4.69) is 20.7 Å². The van der Waals surface area contributed by atoms with Gasteiger partial charge in [-0.05, 0) is 49.2 Å². The van der Waals surface area contributed by atoms with Crippen LogP contribution in [0.1, 0.15) is 25.8 Å². The first kappa shape index (κ1) is 18.6. The molecule has 29 heavy (non-hydrogen) atoms. The minimum absolute atomic E-state index is 0.121. The predicted molar refractivity (Wildman–Crippen MR) is 107 cm³/mol. The summed E-state index contributed by atoms with van der Waals surface area (Å²) in [6, 6.07) is 10.5. The van der Waals surface area contributed by atoms with Crippen LogP contribution in [-0.4, -0.2) is 31.1 Å². The topological polar surface area (TPSA) is 111 Å². The smallest absolute Gasteiger partial charge is 0.326 e. The van der Waals surface area contributed by atoms with Crippen LogP contribution >= 0.6 is 0 Å². The summed E-state index contributed by atoms with van der Waals surface area (Å²) in [5.74, 6) is -0.00699. The lowest BCUT2D eigenvalue weighted by Gasteiger charge is -2.06. The van der Waals surface area contributed by atoms with Crippen LogP contribution in [0.15, 0.2) is 53.6 Å². The summed E-state index contributed by atoms with van der Waals surface area (Å²) in [7, 11) is 0. The molecule has 0 atom stereocenters. The molecule has 0 spiro atoms. The number of amides is 2. The SMILES string of the molecule is CC(=O)Nc1ccc(NC(=O)Cn2nc(-c3cccnc3)n(C3CC3)c2=O)cc1. The van der Waals surface area contributed by atoms with Gasteiger partial charge in [0.25, 0.3) is 0 Å². The molecule has 4 rings (SSSR count). The molecule has 2 aromatic heterocycles. The Hall–Kier alpha value is -3.75. The van der Waals surface area contributed by atoms with Gasteiger partial charge in [0.2, 0.25) is 11.8 Å². The van der Waals surface area contributed by atoms with Gasteiger partial charge in [-0.3, -0.25) is 19.1 Å². The second-order valence-electron chi connectivity index (χ2n) is 6.91. The third-order valence-corrected chi connectivity index (χ3v) is 4.48. The molecule has 2 heterocycles. The lowest BCUT2D eigenvalue weighted by atomic mass is 10.2. The second kappa shape index (κ2) is 7.70. The zero-order valence-corrected chi connectivity index (χ0v) is 15.8. The monoisotopic (exact) mass is 392 g/mol. The molecule has 2 amide bonds. The number of carbonyl (C=O) groups excluding carboxylic acids is 2. The Labute approximate surface area is 166 Å². The van der Waals surface area contributed by atoms with Crippen molar-refractivity contribution in [3.63, 3.8) is 0 Å². The van der Waals surface area contributed by atoms with Crippen molar-refractivity contribution < 1.29 is 9.59 Å². The summed E-state index contributed by atoms with van der Waals surface area (Å²) in [6.07, 6.45) is 5.16. The fourth-order valence-corrected chi connectivity index (χ4v) is 3.05. The normalized spacial score (nSPS) is 13.1. The van der Waals surface area contributed by atoms with E-state index in [4.69, 9.17) is 0 Å². The summed E-state index contributed by atoms with van der Waals surface area (Å²) in [5, 5.41) is 9.79. The van der Waals surface area contributed by atoms with Crippen molar-refractivity contribution in [2.75, 3.05) is 10.6 Å². The maximum absolute atomic E-state index is 12.8. The van der Waals surface area contributed by atoms with E-state index in [1.165, 1.54) is 11.6 Å². The molecule has 0 aliphatic heterocycles. The second-order valence-corrected chi connectivity index (χ2v) is 6.91. The molecule has 0 saturated heterocycles. The number of hydrogen-bond donors (Lipinski definition) is 2. The summed E-state index contributed by atoms with van der Waals surface area (Å²) >= 11 is 0. The number of hydrogen-bond acceptors (Lipinski definition) is 5. The first-order chi connectivity index (χ1) is 14.0. The fourth-order valence-electron chi connectivity index (χ4n) is 3.05. The number of benzene rings is 1. The van der Waals surface area contributed by atoms with Crippen molar-refractivity contribution in [2.45, 2.75) is 32.4 Å². The highest BCUT2D eigenvalue weighted by Crippen LogP contribution is 2.36. The Bertz CT molecular complexity index is 1100. The fraction of sp³-hybridized carbons (Fsp3) is 0.250. The Morgan fingerprint density at radius 2 is 1.79 bits per heavy atom. The van der Waals surface area contributed by atoms with E-state index in [-0.39, 0.29) is 30.1 Å². The van der Waals surface area contributed by atoms with Gasteiger partial charge in [-0.2, -0.15) is 0 Å². The number of carbonyl (C=O) groups is 2. The van der Waals surface area contributed by atoms with E-state index in [9.17, 15) is 14.4 Å². The average Bonchev–Trinajstić information content (AvgIpc) is 3.48. The van der Waals surface area contributed by atoms with E-state index in [1.54, 1.807) is 47.3 Å². The highest BCUT2D eigenvalue weighted by molar-refractivity contribution is 5.92. The van der Waals surface area contributed by atoms with E-state index >= 15 is 0 Å². The summed E-state index contributed by atoms with van der Waals surface area (Å²) in [5.41, 5.74) is 1.63. The lowest BCUT2D eigenvalue weighted by molar-refractivity contribution is -0.117. The number of pyridine rings is 1. The number of nitrogens with one attached hydrogen (secondary N) is 2. The van der Waals surface area contributed by atoms with Gasteiger partial charge >= 0.3 is 5.69 Å². The van der Waals surface area contributed by atoms with Gasteiger partial charge < -0.3 is 10.6 Å². The molecule has 0 radical (unpaired) electrons. The van der Waals surface area contributed by atoms with Gasteiger partial charge in [0.05, 0.1) is 0 Å². The molecule has 3 aromatic rings. The van der Waals surface area contributed by atoms with Crippen molar-refractivity contribution in [2.24, 2.45) is 0 Å². The summed E-state index contributed by atoms with van der Waals surface area (Å²) in [6.45, 7) is 1.23. The minimum atomic E-state index is -0.363. The third-order valence-electron chi connectivity index (χ3n) is 4.48. The molecular weight excluding hydrogens is 372 g/mol. The molecule has 148 valence electrons. The molecule has 0 bridgehead atoms. The Balaban J connectivity index is 1.51. The van der Waals surface area contributed by atoms with Gasteiger partial charge in [0, 0.05) is 42.3 Å². The molecule has 1 saturated carbocycles. The Morgan fingerprint density at radius 1 is 1.10 bits per heavy atom. The lowest BCUT2D eigenvalue weighted by Crippen LogP contribution is -2.30. The van der Waals surface area contributed by atoms with Crippen molar-refractivity contribution >= 4 is 23.2 Å².